The molecule has 0 atom stereocenters. The van der Waals surface area contributed by atoms with Gasteiger partial charge in [-0.2, -0.15) is 0 Å². The Labute approximate surface area is 119 Å². The van der Waals surface area contributed by atoms with E-state index < -0.39 is 0 Å². The maximum atomic E-state index is 8.69. The summed E-state index contributed by atoms with van der Waals surface area (Å²) in [5, 5.41) is 8.69. The molecule has 5 heteroatoms. The van der Waals surface area contributed by atoms with Gasteiger partial charge in [-0.05, 0) is 0 Å². The monoisotopic (exact) mass is 318 g/mol. The van der Waals surface area contributed by atoms with E-state index in [0.717, 1.165) is 27.5 Å². The first-order chi connectivity index (χ1) is 9.10. The molecule has 0 spiro atoms. The van der Waals surface area contributed by atoms with Crippen molar-refractivity contribution < 1.29 is 0 Å². The predicted molar refractivity (Wildman–Crippen MR) is 77.0 cm³/mol. The zero-order valence-electron chi connectivity index (χ0n) is 11.1. The number of nitrogens with zero attached hydrogens (tertiary/aromatic N) is 4. The van der Waals surface area contributed by atoms with Gasteiger partial charge in [0.15, 0.2) is 0 Å². The van der Waals surface area contributed by atoms with Gasteiger partial charge in [-0.25, -0.2) is 0 Å². The second-order valence-electron chi connectivity index (χ2n) is 4.16. The number of rotatable bonds is 3. The van der Waals surface area contributed by atoms with Crippen LogP contribution in [-0.2, 0) is 0 Å². The maximum absolute atomic E-state index is 8.69. The van der Waals surface area contributed by atoms with Crippen LogP contribution in [0, 0.1) is 24.1 Å². The Morgan fingerprint density at radius 1 is 1.16 bits per heavy atom. The Morgan fingerprint density at radius 2 is 1.84 bits per heavy atom. The molecule has 0 N–H and O–H groups in total. The van der Waals surface area contributed by atoms with Crippen LogP contribution in [0.25, 0.3) is 0 Å². The number of anilines is 2. The molecular formula is C14H14N4Se. The summed E-state index contributed by atoms with van der Waals surface area (Å²) in [6, 6.07) is 9.98. The molecule has 0 aliphatic carbocycles. The molecule has 2 rings (SSSR count). The van der Waals surface area contributed by atoms with Gasteiger partial charge in [0.05, 0.1) is 0 Å². The van der Waals surface area contributed by atoms with Crippen molar-refractivity contribution in [3.63, 3.8) is 0 Å². The van der Waals surface area contributed by atoms with E-state index in [1.54, 1.807) is 0 Å². The molecule has 0 saturated carbocycles. The van der Waals surface area contributed by atoms with Crippen LogP contribution < -0.4 is 9.36 Å². The first kappa shape index (κ1) is 13.5. The summed E-state index contributed by atoms with van der Waals surface area (Å²) in [4.78, 5) is 12.9. The van der Waals surface area contributed by atoms with Crippen LogP contribution in [0.4, 0.5) is 11.5 Å². The Hall–Kier alpha value is -1.89. The normalized spacial score (nSPS) is 10.0. The number of aromatic nitrogens is 2. The van der Waals surface area contributed by atoms with Crippen molar-refractivity contribution >= 4 is 30.9 Å². The zero-order chi connectivity index (χ0) is 13.8. The molecule has 1 heterocycles. The topological polar surface area (TPSA) is 52.8 Å². The van der Waals surface area contributed by atoms with E-state index in [1.807, 2.05) is 56.1 Å². The first-order valence-corrected chi connectivity index (χ1v) is 7.53. The van der Waals surface area contributed by atoms with Gasteiger partial charge in [0.25, 0.3) is 0 Å². The van der Waals surface area contributed by atoms with E-state index in [4.69, 9.17) is 5.26 Å². The second-order valence-corrected chi connectivity index (χ2v) is 5.96. The third-order valence-corrected chi connectivity index (χ3v) is 3.94. The van der Waals surface area contributed by atoms with Crippen LogP contribution in [0.2, 0.25) is 0 Å². The van der Waals surface area contributed by atoms with Crippen molar-refractivity contribution in [3.05, 3.63) is 41.9 Å². The third-order valence-electron chi connectivity index (χ3n) is 2.68. The van der Waals surface area contributed by atoms with Crippen molar-refractivity contribution in [2.45, 2.75) is 13.8 Å². The molecule has 0 aliphatic rings. The van der Waals surface area contributed by atoms with E-state index in [-0.39, 0.29) is 15.0 Å². The summed E-state index contributed by atoms with van der Waals surface area (Å²) in [6.45, 7) is 3.85. The number of hydrogen-bond donors (Lipinski definition) is 0. The van der Waals surface area contributed by atoms with Crippen molar-refractivity contribution in [1.82, 2.24) is 9.97 Å². The third kappa shape index (κ3) is 3.31. The van der Waals surface area contributed by atoms with Crippen molar-refractivity contribution in [1.29, 1.82) is 5.26 Å². The molecule has 96 valence electrons. The zero-order valence-corrected chi connectivity index (χ0v) is 12.8. The van der Waals surface area contributed by atoms with Gasteiger partial charge in [0, 0.05) is 0 Å². The fourth-order valence-corrected chi connectivity index (χ4v) is 2.58. The molecule has 1 aromatic heterocycles. The SMILES string of the molecule is Cc1cc(N(C)c2ccc([Se]C#N)cc2)nc(C)n1. The minimum absolute atomic E-state index is 0.0980. The summed E-state index contributed by atoms with van der Waals surface area (Å²) in [5.74, 6) is 1.65. The molecule has 0 radical (unpaired) electrons. The number of nitriles is 1. The van der Waals surface area contributed by atoms with E-state index in [1.165, 1.54) is 0 Å². The molecule has 2 aromatic rings. The number of hydrogen-bond acceptors (Lipinski definition) is 4. The van der Waals surface area contributed by atoms with Gasteiger partial charge in [0.1, 0.15) is 0 Å². The van der Waals surface area contributed by atoms with E-state index in [0.29, 0.717) is 0 Å². The Kier molecular flexibility index (Phi) is 4.16. The standard InChI is InChI=1S/C14H14N4Se/c1-10-8-14(17-11(2)16-10)18(3)12-4-6-13(7-5-12)19-9-15/h4-8H,1-3H3. The Bertz CT molecular complexity index is 596. The molecule has 0 saturated heterocycles. The quantitative estimate of drug-likeness (QED) is 0.808. The van der Waals surface area contributed by atoms with E-state index in [2.05, 4.69) is 14.9 Å². The summed E-state index contributed by atoms with van der Waals surface area (Å²) in [5.41, 5.74) is 2.01. The van der Waals surface area contributed by atoms with Gasteiger partial charge in [-0.3, -0.25) is 0 Å². The van der Waals surface area contributed by atoms with Gasteiger partial charge >= 0.3 is 119 Å². The summed E-state index contributed by atoms with van der Waals surface area (Å²) < 4.78 is 1.09. The van der Waals surface area contributed by atoms with Crippen LogP contribution in [0.15, 0.2) is 30.3 Å². The average molecular weight is 317 g/mol. The fourth-order valence-electron chi connectivity index (χ4n) is 1.79. The van der Waals surface area contributed by atoms with Crippen molar-refractivity contribution in [2.75, 3.05) is 11.9 Å². The average Bonchev–Trinajstić information content (AvgIpc) is 2.38. The number of benzene rings is 1. The van der Waals surface area contributed by atoms with Crippen LogP contribution >= 0.6 is 0 Å². The minimum atomic E-state index is -0.0980. The summed E-state index contributed by atoms with van der Waals surface area (Å²) >= 11 is -0.0980. The molecule has 19 heavy (non-hydrogen) atoms. The summed E-state index contributed by atoms with van der Waals surface area (Å²) in [6.07, 6.45) is 0. The second kappa shape index (κ2) is 5.83. The molecule has 0 bridgehead atoms. The first-order valence-electron chi connectivity index (χ1n) is 5.82. The van der Waals surface area contributed by atoms with Crippen LogP contribution in [0.5, 0.6) is 0 Å². The van der Waals surface area contributed by atoms with Crippen molar-refractivity contribution in [3.8, 4) is 4.97 Å². The van der Waals surface area contributed by atoms with Gasteiger partial charge in [-0.1, -0.05) is 0 Å². The van der Waals surface area contributed by atoms with Crippen LogP contribution in [0.1, 0.15) is 11.5 Å². The molecule has 0 aliphatic heterocycles. The molecule has 0 fully saturated rings. The Balaban J connectivity index is 2.28. The van der Waals surface area contributed by atoms with Crippen LogP contribution in [-0.4, -0.2) is 32.0 Å². The van der Waals surface area contributed by atoms with Gasteiger partial charge in [-0.15, -0.1) is 0 Å². The predicted octanol–water partition coefficient (Wildman–Crippen LogP) is 1.67. The van der Waals surface area contributed by atoms with E-state index in [9.17, 15) is 0 Å². The molecule has 1 aromatic carbocycles. The molecular weight excluding hydrogens is 303 g/mol. The molecule has 0 amide bonds. The molecule has 4 nitrogen and oxygen atoms in total. The van der Waals surface area contributed by atoms with Gasteiger partial charge in [0.2, 0.25) is 0 Å². The Morgan fingerprint density at radius 3 is 2.42 bits per heavy atom. The molecule has 0 unspecified atom stereocenters. The van der Waals surface area contributed by atoms with Crippen LogP contribution in [0.3, 0.4) is 0 Å². The number of aryl methyl sites for hydroxylation is 2. The summed E-state index contributed by atoms with van der Waals surface area (Å²) in [7, 11) is 1.98. The van der Waals surface area contributed by atoms with E-state index >= 15 is 0 Å². The van der Waals surface area contributed by atoms with Crippen molar-refractivity contribution in [2.24, 2.45) is 0 Å². The fraction of sp³-hybridized carbons (Fsp3) is 0.214. The van der Waals surface area contributed by atoms with Gasteiger partial charge < -0.3 is 0 Å².